The van der Waals surface area contributed by atoms with E-state index in [1.807, 2.05) is 0 Å². The zero-order valence-corrected chi connectivity index (χ0v) is 13.5. The summed E-state index contributed by atoms with van der Waals surface area (Å²) >= 11 is 0. The Morgan fingerprint density at radius 3 is 2.52 bits per heavy atom. The van der Waals surface area contributed by atoms with Crippen molar-refractivity contribution in [2.45, 2.75) is 45.4 Å². The molecule has 1 aliphatic rings. The summed E-state index contributed by atoms with van der Waals surface area (Å²) in [5.74, 6) is 1.61. The van der Waals surface area contributed by atoms with Gasteiger partial charge in [0.15, 0.2) is 0 Å². The molecule has 0 saturated heterocycles. The number of nitrogen functional groups attached to an aromatic ring is 1. The van der Waals surface area contributed by atoms with Crippen LogP contribution in [0.15, 0.2) is 18.3 Å². The number of aromatic nitrogens is 1. The third kappa shape index (κ3) is 5.92. The number of hydrogen-bond acceptors (Lipinski definition) is 3. The molecule has 0 bridgehead atoms. The van der Waals surface area contributed by atoms with Gasteiger partial charge in [-0.05, 0) is 36.8 Å². The van der Waals surface area contributed by atoms with Crippen molar-refractivity contribution in [2.24, 2.45) is 11.8 Å². The van der Waals surface area contributed by atoms with E-state index in [4.69, 9.17) is 5.73 Å². The summed E-state index contributed by atoms with van der Waals surface area (Å²) < 4.78 is 0. The summed E-state index contributed by atoms with van der Waals surface area (Å²) in [5.41, 5.74) is 6.97. The Morgan fingerprint density at radius 2 is 1.95 bits per heavy atom. The lowest BCUT2D eigenvalue weighted by Gasteiger charge is -2.27. The topological polar surface area (TPSA) is 68.0 Å². The number of hydrogen-bond donors (Lipinski definition) is 2. The van der Waals surface area contributed by atoms with Crippen LogP contribution in [0, 0.1) is 11.8 Å². The normalized spacial score (nSPS) is 21.4. The van der Waals surface area contributed by atoms with Gasteiger partial charge in [0.25, 0.3) is 0 Å². The lowest BCUT2D eigenvalue weighted by Crippen LogP contribution is -2.32. The Bertz CT molecular complexity index is 428. The van der Waals surface area contributed by atoms with Crippen molar-refractivity contribution in [1.29, 1.82) is 0 Å². The highest BCUT2D eigenvalue weighted by Crippen LogP contribution is 2.30. The first-order chi connectivity index (χ1) is 9.67. The van der Waals surface area contributed by atoms with Gasteiger partial charge in [0, 0.05) is 12.2 Å². The van der Waals surface area contributed by atoms with Crippen LogP contribution in [-0.4, -0.2) is 17.4 Å². The van der Waals surface area contributed by atoms with E-state index >= 15 is 0 Å². The molecule has 0 aliphatic heterocycles. The molecule has 1 aromatic heterocycles. The number of nitrogens with one attached hydrogen (secondary N) is 1. The number of pyridine rings is 1. The van der Waals surface area contributed by atoms with Gasteiger partial charge in [-0.15, -0.1) is 12.4 Å². The molecule has 1 fully saturated rings. The minimum Gasteiger partial charge on any atom is -0.397 e. The third-order valence-electron chi connectivity index (χ3n) is 4.32. The van der Waals surface area contributed by atoms with Crippen LogP contribution in [0.25, 0.3) is 0 Å². The summed E-state index contributed by atoms with van der Waals surface area (Å²) in [4.78, 5) is 16.0. The highest BCUT2D eigenvalue weighted by molar-refractivity contribution is 5.85. The lowest BCUT2D eigenvalue weighted by atomic mass is 9.81. The first kappa shape index (κ1) is 17.8. The molecule has 0 radical (unpaired) electrons. The van der Waals surface area contributed by atoms with Crippen LogP contribution in [-0.2, 0) is 11.2 Å². The van der Waals surface area contributed by atoms with Gasteiger partial charge in [0.1, 0.15) is 0 Å². The van der Waals surface area contributed by atoms with Crippen LogP contribution >= 0.6 is 12.4 Å². The van der Waals surface area contributed by atoms with E-state index in [-0.39, 0.29) is 18.3 Å². The second-order valence-electron chi connectivity index (χ2n) is 5.86. The quantitative estimate of drug-likeness (QED) is 0.878. The summed E-state index contributed by atoms with van der Waals surface area (Å²) in [7, 11) is 0. The van der Waals surface area contributed by atoms with Crippen molar-refractivity contribution in [3.63, 3.8) is 0 Å². The zero-order chi connectivity index (χ0) is 14.4. The first-order valence-corrected chi connectivity index (χ1v) is 7.64. The number of carbonyl (C=O) groups excluding carboxylic acids is 1. The monoisotopic (exact) mass is 311 g/mol. The van der Waals surface area contributed by atoms with Crippen LogP contribution in [0.5, 0.6) is 0 Å². The molecule has 1 heterocycles. The first-order valence-electron chi connectivity index (χ1n) is 7.64. The number of rotatable bonds is 5. The highest BCUT2D eigenvalue weighted by atomic mass is 35.5. The molecular weight excluding hydrogens is 286 g/mol. The average Bonchev–Trinajstić information content (AvgIpc) is 2.48. The smallest absolute Gasteiger partial charge is 0.226 e. The summed E-state index contributed by atoms with van der Waals surface area (Å²) in [5, 5.41) is 3.04. The van der Waals surface area contributed by atoms with Crippen molar-refractivity contribution in [3.8, 4) is 0 Å². The van der Waals surface area contributed by atoms with Crippen molar-refractivity contribution in [2.75, 3.05) is 12.3 Å². The van der Waals surface area contributed by atoms with E-state index in [1.54, 1.807) is 18.3 Å². The molecule has 0 aromatic carbocycles. The van der Waals surface area contributed by atoms with Gasteiger partial charge in [-0.2, -0.15) is 0 Å². The Hall–Kier alpha value is -1.29. The van der Waals surface area contributed by atoms with Crippen molar-refractivity contribution >= 4 is 24.0 Å². The number of halogens is 1. The van der Waals surface area contributed by atoms with Gasteiger partial charge in [0.05, 0.1) is 18.3 Å². The van der Waals surface area contributed by atoms with Gasteiger partial charge in [-0.3, -0.25) is 9.78 Å². The van der Waals surface area contributed by atoms with Crippen LogP contribution in [0.4, 0.5) is 5.69 Å². The van der Waals surface area contributed by atoms with E-state index in [0.717, 1.165) is 18.2 Å². The predicted molar refractivity (Wildman–Crippen MR) is 88.4 cm³/mol. The fourth-order valence-electron chi connectivity index (χ4n) is 2.87. The number of carbonyl (C=O) groups is 1. The summed E-state index contributed by atoms with van der Waals surface area (Å²) in [6, 6.07) is 3.59. The molecule has 5 heteroatoms. The standard InChI is InChI=1S/C16H25N3O.ClH/c1-2-12-3-5-13(6-4-12)10-19-16(20)9-15-8-7-14(17)11-18-15;/h7-8,11-13H,2-6,9-10,17H2,1H3,(H,19,20);1H. The molecule has 3 N–H and O–H groups in total. The molecule has 1 aliphatic carbocycles. The van der Waals surface area contributed by atoms with Crippen molar-refractivity contribution in [3.05, 3.63) is 24.0 Å². The molecule has 4 nitrogen and oxygen atoms in total. The molecule has 1 aromatic rings. The Balaban J connectivity index is 0.00000220. The van der Waals surface area contributed by atoms with Gasteiger partial charge in [0.2, 0.25) is 5.91 Å². The number of amides is 1. The zero-order valence-electron chi connectivity index (χ0n) is 12.7. The van der Waals surface area contributed by atoms with Crippen LogP contribution in [0.2, 0.25) is 0 Å². The maximum Gasteiger partial charge on any atom is 0.226 e. The summed E-state index contributed by atoms with van der Waals surface area (Å²) in [6.45, 7) is 3.08. The number of nitrogens with zero attached hydrogens (tertiary/aromatic N) is 1. The fourth-order valence-corrected chi connectivity index (χ4v) is 2.87. The third-order valence-corrected chi connectivity index (χ3v) is 4.32. The van der Waals surface area contributed by atoms with Gasteiger partial charge in [-0.25, -0.2) is 0 Å². The Labute approximate surface area is 133 Å². The summed E-state index contributed by atoms with van der Waals surface area (Å²) in [6.07, 6.45) is 8.35. The van der Waals surface area contributed by atoms with Gasteiger partial charge in [-0.1, -0.05) is 26.2 Å². The van der Waals surface area contributed by atoms with Crippen molar-refractivity contribution in [1.82, 2.24) is 10.3 Å². The molecule has 21 heavy (non-hydrogen) atoms. The van der Waals surface area contributed by atoms with E-state index < -0.39 is 0 Å². The average molecular weight is 312 g/mol. The lowest BCUT2D eigenvalue weighted by molar-refractivity contribution is -0.120. The Kier molecular flexibility index (Phi) is 7.51. The Morgan fingerprint density at radius 1 is 1.29 bits per heavy atom. The van der Waals surface area contributed by atoms with E-state index in [0.29, 0.717) is 18.0 Å². The molecule has 1 saturated carbocycles. The van der Waals surface area contributed by atoms with E-state index in [1.165, 1.54) is 32.1 Å². The van der Waals surface area contributed by atoms with Gasteiger partial charge < -0.3 is 11.1 Å². The van der Waals surface area contributed by atoms with E-state index in [9.17, 15) is 4.79 Å². The second-order valence-corrected chi connectivity index (χ2v) is 5.86. The minimum absolute atomic E-state index is 0. The largest absolute Gasteiger partial charge is 0.397 e. The molecule has 0 atom stereocenters. The maximum absolute atomic E-state index is 11.9. The minimum atomic E-state index is 0. The van der Waals surface area contributed by atoms with Crippen molar-refractivity contribution < 1.29 is 4.79 Å². The highest BCUT2D eigenvalue weighted by Gasteiger charge is 2.20. The number of anilines is 1. The predicted octanol–water partition coefficient (Wildman–Crippen LogP) is 2.96. The SMILES string of the molecule is CCC1CCC(CNC(=O)Cc2ccc(N)cn2)CC1.Cl. The molecule has 118 valence electrons. The molecular formula is C16H26ClN3O. The maximum atomic E-state index is 11.9. The second kappa shape index (κ2) is 8.88. The van der Waals surface area contributed by atoms with Crippen LogP contribution < -0.4 is 11.1 Å². The van der Waals surface area contributed by atoms with Crippen LogP contribution in [0.1, 0.15) is 44.7 Å². The van der Waals surface area contributed by atoms with Gasteiger partial charge >= 0.3 is 0 Å². The molecule has 0 unspecified atom stereocenters. The fraction of sp³-hybridized carbons (Fsp3) is 0.625. The van der Waals surface area contributed by atoms with Crippen LogP contribution in [0.3, 0.4) is 0 Å². The molecule has 1 amide bonds. The van der Waals surface area contributed by atoms with E-state index in [2.05, 4.69) is 17.2 Å². The molecule has 0 spiro atoms. The molecule has 2 rings (SSSR count). The number of nitrogens with two attached hydrogens (primary N) is 1.